The lowest BCUT2D eigenvalue weighted by atomic mass is 10.1. The van der Waals surface area contributed by atoms with Crippen molar-refractivity contribution in [2.24, 2.45) is 0 Å². The zero-order chi connectivity index (χ0) is 15.5. The SMILES string of the molecule is CCc1ncc(S(=O)(=O)NC(C)Cc2ccc(Cl)cc2)[nH]1. The molecule has 1 aromatic heterocycles. The van der Waals surface area contributed by atoms with Gasteiger partial charge >= 0.3 is 0 Å². The minimum Gasteiger partial charge on any atom is -0.332 e. The first-order valence-corrected chi connectivity index (χ1v) is 8.57. The number of benzene rings is 1. The molecule has 2 aromatic rings. The summed E-state index contributed by atoms with van der Waals surface area (Å²) in [6.07, 6.45) is 2.59. The maximum Gasteiger partial charge on any atom is 0.257 e. The molecule has 0 aliphatic heterocycles. The van der Waals surface area contributed by atoms with E-state index in [9.17, 15) is 8.42 Å². The minimum atomic E-state index is -3.57. The van der Waals surface area contributed by atoms with E-state index in [0.717, 1.165) is 5.56 Å². The van der Waals surface area contributed by atoms with Crippen molar-refractivity contribution in [2.45, 2.75) is 37.8 Å². The van der Waals surface area contributed by atoms with Crippen molar-refractivity contribution in [3.63, 3.8) is 0 Å². The first-order chi connectivity index (χ1) is 9.90. The van der Waals surface area contributed by atoms with Crippen LogP contribution in [0.4, 0.5) is 0 Å². The summed E-state index contributed by atoms with van der Waals surface area (Å²) >= 11 is 5.83. The standard InChI is InChI=1S/C14H18ClN3O2S/c1-3-13-16-9-14(17-13)21(19,20)18-10(2)8-11-4-6-12(15)7-5-11/h4-7,9-10,18H,3,8H2,1-2H3,(H,16,17). The maximum atomic E-state index is 12.2. The van der Waals surface area contributed by atoms with E-state index in [1.807, 2.05) is 26.0 Å². The highest BCUT2D eigenvalue weighted by molar-refractivity contribution is 7.89. The molecule has 2 N–H and O–H groups in total. The maximum absolute atomic E-state index is 12.2. The number of sulfonamides is 1. The van der Waals surface area contributed by atoms with Crippen molar-refractivity contribution in [3.8, 4) is 0 Å². The Morgan fingerprint density at radius 2 is 2.00 bits per heavy atom. The number of hydrogen-bond acceptors (Lipinski definition) is 3. The van der Waals surface area contributed by atoms with Gasteiger partial charge in [0.2, 0.25) is 0 Å². The Balaban J connectivity index is 2.03. The second-order valence-corrected chi connectivity index (χ2v) is 7.02. The highest BCUT2D eigenvalue weighted by Gasteiger charge is 2.19. The fourth-order valence-electron chi connectivity index (χ4n) is 2.00. The highest BCUT2D eigenvalue weighted by Crippen LogP contribution is 2.12. The van der Waals surface area contributed by atoms with E-state index in [0.29, 0.717) is 23.7 Å². The predicted octanol–water partition coefficient (Wildman–Crippen LogP) is 2.54. The topological polar surface area (TPSA) is 74.8 Å². The van der Waals surface area contributed by atoms with E-state index < -0.39 is 10.0 Å². The molecule has 0 spiro atoms. The van der Waals surface area contributed by atoms with Crippen molar-refractivity contribution in [1.29, 1.82) is 0 Å². The van der Waals surface area contributed by atoms with Crippen molar-refractivity contribution in [1.82, 2.24) is 14.7 Å². The van der Waals surface area contributed by atoms with Crippen LogP contribution in [0.25, 0.3) is 0 Å². The minimum absolute atomic E-state index is 0.0994. The molecular weight excluding hydrogens is 310 g/mol. The number of nitrogens with zero attached hydrogens (tertiary/aromatic N) is 1. The molecule has 0 fully saturated rings. The summed E-state index contributed by atoms with van der Waals surface area (Å²) in [6, 6.07) is 7.13. The van der Waals surface area contributed by atoms with Gasteiger partial charge in [0.15, 0.2) is 5.03 Å². The van der Waals surface area contributed by atoms with E-state index in [-0.39, 0.29) is 11.1 Å². The number of hydrogen-bond donors (Lipinski definition) is 2. The molecule has 1 unspecified atom stereocenters. The van der Waals surface area contributed by atoms with Crippen LogP contribution in [0, 0.1) is 0 Å². The zero-order valence-corrected chi connectivity index (χ0v) is 13.5. The molecule has 0 radical (unpaired) electrons. The Hall–Kier alpha value is -1.37. The number of aryl methyl sites for hydroxylation is 1. The molecule has 0 bridgehead atoms. The fraction of sp³-hybridized carbons (Fsp3) is 0.357. The molecule has 1 aromatic carbocycles. The molecule has 0 saturated carbocycles. The summed E-state index contributed by atoms with van der Waals surface area (Å²) in [5, 5.41) is 0.763. The highest BCUT2D eigenvalue weighted by atomic mass is 35.5. The number of rotatable bonds is 6. The third kappa shape index (κ3) is 4.30. The average Bonchev–Trinajstić information content (AvgIpc) is 2.90. The van der Waals surface area contributed by atoms with E-state index in [2.05, 4.69) is 14.7 Å². The Kier molecular flexibility index (Phi) is 5.03. The van der Waals surface area contributed by atoms with Gasteiger partial charge in [-0.3, -0.25) is 0 Å². The Morgan fingerprint density at radius 1 is 1.33 bits per heavy atom. The predicted molar refractivity (Wildman–Crippen MR) is 82.9 cm³/mol. The third-order valence-electron chi connectivity index (χ3n) is 3.04. The van der Waals surface area contributed by atoms with Gasteiger partial charge in [-0.2, -0.15) is 0 Å². The van der Waals surface area contributed by atoms with Crippen molar-refractivity contribution in [2.75, 3.05) is 0 Å². The van der Waals surface area contributed by atoms with Gasteiger partial charge in [-0.25, -0.2) is 18.1 Å². The van der Waals surface area contributed by atoms with Gasteiger partial charge in [0.25, 0.3) is 10.0 Å². The second-order valence-electron chi connectivity index (χ2n) is 4.90. The molecule has 0 aliphatic rings. The Morgan fingerprint density at radius 3 is 2.57 bits per heavy atom. The van der Waals surface area contributed by atoms with Crippen LogP contribution in [0.5, 0.6) is 0 Å². The zero-order valence-electron chi connectivity index (χ0n) is 11.9. The molecule has 1 heterocycles. The van der Waals surface area contributed by atoms with E-state index in [1.54, 1.807) is 12.1 Å². The van der Waals surface area contributed by atoms with Crippen molar-refractivity contribution >= 4 is 21.6 Å². The normalized spacial score (nSPS) is 13.3. The quantitative estimate of drug-likeness (QED) is 0.856. The first kappa shape index (κ1) is 16.0. The van der Waals surface area contributed by atoms with Gasteiger partial charge in [-0.05, 0) is 31.0 Å². The first-order valence-electron chi connectivity index (χ1n) is 6.71. The number of aromatic amines is 1. The van der Waals surface area contributed by atoms with Crippen LogP contribution in [0.15, 0.2) is 35.5 Å². The summed E-state index contributed by atoms with van der Waals surface area (Å²) < 4.78 is 27.1. The molecule has 2 rings (SSSR count). The summed E-state index contributed by atoms with van der Waals surface area (Å²) in [4.78, 5) is 6.81. The van der Waals surface area contributed by atoms with Gasteiger partial charge in [0, 0.05) is 17.5 Å². The van der Waals surface area contributed by atoms with Crippen LogP contribution in [0.2, 0.25) is 5.02 Å². The number of nitrogens with one attached hydrogen (secondary N) is 2. The van der Waals surface area contributed by atoms with E-state index in [1.165, 1.54) is 6.20 Å². The summed E-state index contributed by atoms with van der Waals surface area (Å²) in [5.41, 5.74) is 1.02. The lowest BCUT2D eigenvalue weighted by Crippen LogP contribution is -2.34. The average molecular weight is 328 g/mol. The van der Waals surface area contributed by atoms with Gasteiger partial charge in [-0.1, -0.05) is 30.7 Å². The smallest absolute Gasteiger partial charge is 0.257 e. The molecule has 0 amide bonds. The summed E-state index contributed by atoms with van der Waals surface area (Å²) in [6.45, 7) is 3.73. The number of halogens is 1. The van der Waals surface area contributed by atoms with Crippen LogP contribution in [0.1, 0.15) is 25.2 Å². The van der Waals surface area contributed by atoms with E-state index in [4.69, 9.17) is 11.6 Å². The molecule has 21 heavy (non-hydrogen) atoms. The van der Waals surface area contributed by atoms with Crippen LogP contribution in [0.3, 0.4) is 0 Å². The van der Waals surface area contributed by atoms with Crippen LogP contribution >= 0.6 is 11.6 Å². The second kappa shape index (κ2) is 6.60. The van der Waals surface area contributed by atoms with Crippen LogP contribution in [-0.2, 0) is 22.9 Å². The molecule has 7 heteroatoms. The summed E-state index contributed by atoms with van der Waals surface area (Å²) in [7, 11) is -3.57. The number of aromatic nitrogens is 2. The van der Waals surface area contributed by atoms with Crippen LogP contribution < -0.4 is 4.72 Å². The monoisotopic (exact) mass is 327 g/mol. The molecule has 0 aliphatic carbocycles. The Labute approximate surface area is 129 Å². The molecule has 0 saturated heterocycles. The van der Waals surface area contributed by atoms with Gasteiger partial charge in [0.1, 0.15) is 5.82 Å². The van der Waals surface area contributed by atoms with Crippen molar-refractivity contribution in [3.05, 3.63) is 46.9 Å². The number of imidazole rings is 1. The fourth-order valence-corrected chi connectivity index (χ4v) is 3.31. The lowest BCUT2D eigenvalue weighted by Gasteiger charge is -2.13. The molecule has 5 nitrogen and oxygen atoms in total. The van der Waals surface area contributed by atoms with E-state index >= 15 is 0 Å². The molecular formula is C14H18ClN3O2S. The largest absolute Gasteiger partial charge is 0.332 e. The van der Waals surface area contributed by atoms with Crippen molar-refractivity contribution < 1.29 is 8.42 Å². The third-order valence-corrected chi connectivity index (χ3v) is 4.79. The Bertz CT molecular complexity index is 695. The van der Waals surface area contributed by atoms with Gasteiger partial charge in [0.05, 0.1) is 6.20 Å². The number of H-pyrrole nitrogens is 1. The van der Waals surface area contributed by atoms with Gasteiger partial charge < -0.3 is 4.98 Å². The van der Waals surface area contributed by atoms with Gasteiger partial charge in [-0.15, -0.1) is 0 Å². The summed E-state index contributed by atoms with van der Waals surface area (Å²) in [5.74, 6) is 0.653. The molecule has 1 atom stereocenters. The molecule has 114 valence electrons. The van der Waals surface area contributed by atoms with Crippen LogP contribution in [-0.4, -0.2) is 24.4 Å². The lowest BCUT2D eigenvalue weighted by molar-refractivity contribution is 0.556.